The van der Waals surface area contributed by atoms with E-state index in [0.717, 1.165) is 43.3 Å². The molecule has 2 aromatic carbocycles. The monoisotopic (exact) mass is 307 g/mol. The van der Waals surface area contributed by atoms with Crippen LogP contribution in [0.15, 0.2) is 59.6 Å². The molecule has 4 heteroatoms. The highest BCUT2D eigenvalue weighted by Crippen LogP contribution is 2.36. The molecule has 2 aromatic rings. The number of amidine groups is 1. The SMILES string of the molecule is c1ccc(CN=C2Nc3ccccc3NC23CCOCC3)cc1. The summed E-state index contributed by atoms with van der Waals surface area (Å²) >= 11 is 0. The fourth-order valence-corrected chi connectivity index (χ4v) is 3.29. The van der Waals surface area contributed by atoms with Crippen molar-refractivity contribution in [2.45, 2.75) is 24.9 Å². The molecule has 23 heavy (non-hydrogen) atoms. The summed E-state index contributed by atoms with van der Waals surface area (Å²) in [6.07, 6.45) is 1.86. The second-order valence-electron chi connectivity index (χ2n) is 6.14. The molecule has 2 heterocycles. The van der Waals surface area contributed by atoms with Gasteiger partial charge in [0.05, 0.1) is 23.5 Å². The van der Waals surface area contributed by atoms with Crippen LogP contribution in [0.3, 0.4) is 0 Å². The van der Waals surface area contributed by atoms with Crippen LogP contribution in [0.25, 0.3) is 0 Å². The van der Waals surface area contributed by atoms with Crippen LogP contribution in [0.4, 0.5) is 11.4 Å². The summed E-state index contributed by atoms with van der Waals surface area (Å²) in [5.41, 5.74) is 3.33. The first-order chi connectivity index (χ1) is 11.4. The molecule has 2 aliphatic rings. The van der Waals surface area contributed by atoms with Crippen molar-refractivity contribution in [2.24, 2.45) is 4.99 Å². The number of nitrogens with zero attached hydrogens (tertiary/aromatic N) is 1. The second-order valence-corrected chi connectivity index (χ2v) is 6.14. The number of hydrogen-bond donors (Lipinski definition) is 2. The Morgan fingerprint density at radius 2 is 1.61 bits per heavy atom. The average molecular weight is 307 g/mol. The summed E-state index contributed by atoms with van der Waals surface area (Å²) < 4.78 is 5.57. The summed E-state index contributed by atoms with van der Waals surface area (Å²) in [7, 11) is 0. The molecule has 1 saturated heterocycles. The van der Waals surface area contributed by atoms with Crippen LogP contribution in [0.5, 0.6) is 0 Å². The Hall–Kier alpha value is -2.33. The van der Waals surface area contributed by atoms with Crippen LogP contribution in [0.2, 0.25) is 0 Å². The third-order valence-electron chi connectivity index (χ3n) is 4.62. The third kappa shape index (κ3) is 2.82. The molecule has 2 aliphatic heterocycles. The van der Waals surface area contributed by atoms with E-state index in [-0.39, 0.29) is 5.54 Å². The van der Waals surface area contributed by atoms with Crippen molar-refractivity contribution < 1.29 is 4.74 Å². The van der Waals surface area contributed by atoms with E-state index in [1.807, 2.05) is 12.1 Å². The minimum absolute atomic E-state index is 0.138. The van der Waals surface area contributed by atoms with Crippen LogP contribution < -0.4 is 10.6 Å². The van der Waals surface area contributed by atoms with Gasteiger partial charge in [-0.25, -0.2) is 0 Å². The van der Waals surface area contributed by atoms with Gasteiger partial charge >= 0.3 is 0 Å². The van der Waals surface area contributed by atoms with Crippen LogP contribution in [-0.4, -0.2) is 24.6 Å². The summed E-state index contributed by atoms with van der Waals surface area (Å²) in [4.78, 5) is 4.92. The number of ether oxygens (including phenoxy) is 1. The Kier molecular flexibility index (Phi) is 3.75. The maximum atomic E-state index is 5.57. The van der Waals surface area contributed by atoms with Crippen LogP contribution in [-0.2, 0) is 11.3 Å². The Morgan fingerprint density at radius 3 is 2.39 bits per heavy atom. The molecule has 0 aromatic heterocycles. The minimum Gasteiger partial charge on any atom is -0.381 e. The highest BCUT2D eigenvalue weighted by molar-refractivity contribution is 6.09. The predicted octanol–water partition coefficient (Wildman–Crippen LogP) is 3.67. The normalized spacial score (nSPS) is 20.6. The van der Waals surface area contributed by atoms with Gasteiger partial charge in [-0.05, 0) is 17.7 Å². The van der Waals surface area contributed by atoms with E-state index in [4.69, 9.17) is 9.73 Å². The molecular formula is C19H21N3O. The van der Waals surface area contributed by atoms with E-state index in [2.05, 4.69) is 53.1 Å². The van der Waals surface area contributed by atoms with Gasteiger partial charge in [-0.15, -0.1) is 0 Å². The van der Waals surface area contributed by atoms with Gasteiger partial charge in [0, 0.05) is 26.1 Å². The maximum absolute atomic E-state index is 5.57. The zero-order chi connectivity index (χ0) is 15.5. The van der Waals surface area contributed by atoms with Gasteiger partial charge < -0.3 is 15.4 Å². The summed E-state index contributed by atoms with van der Waals surface area (Å²) in [6.45, 7) is 2.22. The van der Waals surface area contributed by atoms with Crippen LogP contribution in [0, 0.1) is 0 Å². The number of nitrogens with one attached hydrogen (secondary N) is 2. The van der Waals surface area contributed by atoms with Gasteiger partial charge in [0.1, 0.15) is 5.84 Å². The quantitative estimate of drug-likeness (QED) is 0.890. The largest absolute Gasteiger partial charge is 0.381 e. The maximum Gasteiger partial charge on any atom is 0.127 e. The molecule has 0 saturated carbocycles. The third-order valence-corrected chi connectivity index (χ3v) is 4.62. The fraction of sp³-hybridized carbons (Fsp3) is 0.316. The molecule has 4 rings (SSSR count). The van der Waals surface area contributed by atoms with Crippen LogP contribution in [0.1, 0.15) is 18.4 Å². The van der Waals surface area contributed by atoms with Gasteiger partial charge in [-0.1, -0.05) is 42.5 Å². The first-order valence-corrected chi connectivity index (χ1v) is 8.17. The van der Waals surface area contributed by atoms with Crippen molar-refractivity contribution in [3.8, 4) is 0 Å². The van der Waals surface area contributed by atoms with E-state index < -0.39 is 0 Å². The number of aliphatic imine (C=N–C) groups is 1. The van der Waals surface area contributed by atoms with Crippen molar-refractivity contribution >= 4 is 17.2 Å². The smallest absolute Gasteiger partial charge is 0.127 e. The van der Waals surface area contributed by atoms with Crippen molar-refractivity contribution in [1.82, 2.24) is 0 Å². The standard InChI is InChI=1S/C19H21N3O/c1-2-6-15(7-3-1)14-20-18-19(10-12-23-13-11-19)22-17-9-5-4-8-16(17)21-18/h1-9,22H,10-14H2,(H,20,21). The van der Waals surface area contributed by atoms with Gasteiger partial charge in [0.2, 0.25) is 0 Å². The number of benzene rings is 2. The van der Waals surface area contributed by atoms with Gasteiger partial charge in [-0.2, -0.15) is 0 Å². The zero-order valence-electron chi connectivity index (χ0n) is 13.1. The van der Waals surface area contributed by atoms with E-state index in [1.54, 1.807) is 0 Å². The Labute approximate surface area is 136 Å². The molecular weight excluding hydrogens is 286 g/mol. The van der Waals surface area contributed by atoms with Gasteiger partial charge in [0.25, 0.3) is 0 Å². The van der Waals surface area contributed by atoms with E-state index >= 15 is 0 Å². The predicted molar refractivity (Wildman–Crippen MR) is 94.1 cm³/mol. The topological polar surface area (TPSA) is 45.7 Å². The highest BCUT2D eigenvalue weighted by Gasteiger charge is 2.41. The summed E-state index contributed by atoms with van der Waals surface area (Å²) in [5, 5.41) is 7.29. The zero-order valence-corrected chi connectivity index (χ0v) is 13.1. The lowest BCUT2D eigenvalue weighted by Crippen LogP contribution is -2.55. The molecule has 118 valence electrons. The molecule has 1 spiro atoms. The average Bonchev–Trinajstić information content (AvgIpc) is 2.61. The van der Waals surface area contributed by atoms with Crippen molar-refractivity contribution in [2.75, 3.05) is 23.8 Å². The number of para-hydroxylation sites is 2. The van der Waals surface area contributed by atoms with E-state index in [1.165, 1.54) is 5.56 Å². The minimum atomic E-state index is -0.138. The Bertz CT molecular complexity index is 706. The number of fused-ring (bicyclic) bond motifs is 1. The molecule has 0 atom stereocenters. The van der Waals surface area contributed by atoms with Crippen molar-refractivity contribution in [1.29, 1.82) is 0 Å². The molecule has 0 bridgehead atoms. The van der Waals surface area contributed by atoms with Crippen molar-refractivity contribution in [3.63, 3.8) is 0 Å². The first kappa shape index (κ1) is 14.3. The Balaban J connectivity index is 1.67. The molecule has 4 nitrogen and oxygen atoms in total. The lowest BCUT2D eigenvalue weighted by atomic mass is 9.86. The molecule has 0 amide bonds. The van der Waals surface area contributed by atoms with E-state index in [9.17, 15) is 0 Å². The van der Waals surface area contributed by atoms with Crippen LogP contribution >= 0.6 is 0 Å². The summed E-state index contributed by atoms with van der Waals surface area (Å²) in [5.74, 6) is 1.03. The fourth-order valence-electron chi connectivity index (χ4n) is 3.29. The van der Waals surface area contributed by atoms with Gasteiger partial charge in [0.15, 0.2) is 0 Å². The number of rotatable bonds is 2. The first-order valence-electron chi connectivity index (χ1n) is 8.17. The molecule has 0 unspecified atom stereocenters. The number of hydrogen-bond acceptors (Lipinski definition) is 3. The van der Waals surface area contributed by atoms with Gasteiger partial charge in [-0.3, -0.25) is 4.99 Å². The van der Waals surface area contributed by atoms with Crippen molar-refractivity contribution in [3.05, 3.63) is 60.2 Å². The van der Waals surface area contributed by atoms with E-state index in [0.29, 0.717) is 6.54 Å². The molecule has 2 N–H and O–H groups in total. The molecule has 1 fully saturated rings. The lowest BCUT2D eigenvalue weighted by Gasteiger charge is -2.43. The summed E-state index contributed by atoms with van der Waals surface area (Å²) in [6, 6.07) is 18.7. The number of anilines is 2. The molecule has 0 radical (unpaired) electrons. The second kappa shape index (κ2) is 6.05. The lowest BCUT2D eigenvalue weighted by molar-refractivity contribution is 0.0778. The molecule has 0 aliphatic carbocycles. The Morgan fingerprint density at radius 1 is 0.913 bits per heavy atom. The highest BCUT2D eigenvalue weighted by atomic mass is 16.5.